The summed E-state index contributed by atoms with van der Waals surface area (Å²) < 4.78 is 27.4. The highest BCUT2D eigenvalue weighted by Crippen LogP contribution is 2.25. The minimum atomic E-state index is -3.17. The molecule has 1 aliphatic rings. The first-order chi connectivity index (χ1) is 6.97. The van der Waals surface area contributed by atoms with Crippen LogP contribution in [0.1, 0.15) is 30.8 Å². The molecular weight excluding hydrogens is 218 g/mol. The molecule has 84 valence electrons. The largest absolute Gasteiger partial charge is 0.335 e. The van der Waals surface area contributed by atoms with E-state index in [1.165, 1.54) is 0 Å². The van der Waals surface area contributed by atoms with E-state index in [0.29, 0.717) is 12.1 Å². The van der Waals surface area contributed by atoms with Gasteiger partial charge >= 0.3 is 6.01 Å². The number of anilines is 1. The average molecular weight is 231 g/mol. The quantitative estimate of drug-likeness (QED) is 0.823. The SMILES string of the molecule is CC(c1noc(NC2CC2)n1)S(C)(=O)=O. The Morgan fingerprint density at radius 1 is 1.53 bits per heavy atom. The summed E-state index contributed by atoms with van der Waals surface area (Å²) in [4.78, 5) is 3.99. The highest BCUT2D eigenvalue weighted by Gasteiger charge is 2.26. The number of nitrogens with zero attached hydrogens (tertiary/aromatic N) is 2. The number of nitrogens with one attached hydrogen (secondary N) is 1. The second-order valence-corrected chi connectivity index (χ2v) is 6.21. The van der Waals surface area contributed by atoms with Crippen molar-refractivity contribution in [1.82, 2.24) is 10.1 Å². The standard InChI is InChI=1S/C8H13N3O3S/c1-5(15(2,12)13)7-10-8(14-11-7)9-6-3-4-6/h5-6H,3-4H2,1-2H3,(H,9,10,11). The smallest absolute Gasteiger partial charge is 0.321 e. The maximum Gasteiger partial charge on any atom is 0.321 e. The number of sulfone groups is 1. The van der Waals surface area contributed by atoms with E-state index in [2.05, 4.69) is 15.5 Å². The van der Waals surface area contributed by atoms with Crippen LogP contribution in [0, 0.1) is 0 Å². The molecule has 1 N–H and O–H groups in total. The van der Waals surface area contributed by atoms with E-state index in [1.807, 2.05) is 0 Å². The zero-order valence-corrected chi connectivity index (χ0v) is 9.41. The molecule has 2 rings (SSSR count). The van der Waals surface area contributed by atoms with E-state index in [9.17, 15) is 8.42 Å². The van der Waals surface area contributed by atoms with Gasteiger partial charge in [0.25, 0.3) is 0 Å². The van der Waals surface area contributed by atoms with E-state index in [1.54, 1.807) is 6.92 Å². The molecule has 1 atom stereocenters. The van der Waals surface area contributed by atoms with Crippen molar-refractivity contribution < 1.29 is 12.9 Å². The highest BCUT2D eigenvalue weighted by atomic mass is 32.2. The van der Waals surface area contributed by atoms with Crippen LogP contribution in [0.15, 0.2) is 4.52 Å². The molecule has 0 aliphatic heterocycles. The van der Waals surface area contributed by atoms with Crippen molar-refractivity contribution in [2.75, 3.05) is 11.6 Å². The Labute approximate surface area is 88.0 Å². The predicted octanol–water partition coefficient (Wildman–Crippen LogP) is 0.750. The van der Waals surface area contributed by atoms with Crippen molar-refractivity contribution in [3.63, 3.8) is 0 Å². The summed E-state index contributed by atoms with van der Waals surface area (Å²) in [5.74, 6) is 0.209. The van der Waals surface area contributed by atoms with Crippen LogP contribution in [-0.4, -0.2) is 30.9 Å². The van der Waals surface area contributed by atoms with Gasteiger partial charge in [0.05, 0.1) is 0 Å². The van der Waals surface area contributed by atoms with Gasteiger partial charge in [-0.05, 0) is 19.8 Å². The molecule has 0 aromatic carbocycles. The molecule has 6 nitrogen and oxygen atoms in total. The van der Waals surface area contributed by atoms with Crippen LogP contribution in [-0.2, 0) is 9.84 Å². The second-order valence-electron chi connectivity index (χ2n) is 3.85. The average Bonchev–Trinajstić information content (AvgIpc) is 2.80. The van der Waals surface area contributed by atoms with Crippen molar-refractivity contribution in [2.24, 2.45) is 0 Å². The molecule has 1 aromatic heterocycles. The summed E-state index contributed by atoms with van der Waals surface area (Å²) in [5, 5.41) is 5.92. The van der Waals surface area contributed by atoms with Gasteiger partial charge in [0.2, 0.25) is 0 Å². The van der Waals surface area contributed by atoms with E-state index in [-0.39, 0.29) is 5.82 Å². The lowest BCUT2D eigenvalue weighted by Crippen LogP contribution is -2.09. The minimum Gasteiger partial charge on any atom is -0.335 e. The number of rotatable bonds is 4. The van der Waals surface area contributed by atoms with Crippen LogP contribution in [0.5, 0.6) is 0 Å². The minimum absolute atomic E-state index is 0.209. The lowest BCUT2D eigenvalue weighted by Gasteiger charge is -2.01. The van der Waals surface area contributed by atoms with Gasteiger partial charge in [-0.1, -0.05) is 5.16 Å². The number of aromatic nitrogens is 2. The van der Waals surface area contributed by atoms with Crippen LogP contribution >= 0.6 is 0 Å². The molecule has 1 unspecified atom stereocenters. The summed E-state index contributed by atoms with van der Waals surface area (Å²) in [6, 6.07) is 0.717. The summed E-state index contributed by atoms with van der Waals surface area (Å²) in [7, 11) is -3.17. The van der Waals surface area contributed by atoms with Crippen LogP contribution in [0.3, 0.4) is 0 Å². The molecule has 1 saturated carbocycles. The Bertz CT molecular complexity index is 449. The van der Waals surface area contributed by atoms with Crippen LogP contribution in [0.25, 0.3) is 0 Å². The van der Waals surface area contributed by atoms with Gasteiger partial charge in [-0.15, -0.1) is 0 Å². The molecule has 1 fully saturated rings. The molecule has 0 spiro atoms. The fraction of sp³-hybridized carbons (Fsp3) is 0.750. The zero-order valence-electron chi connectivity index (χ0n) is 8.60. The van der Waals surface area contributed by atoms with E-state index >= 15 is 0 Å². The molecule has 0 bridgehead atoms. The monoisotopic (exact) mass is 231 g/mol. The maximum atomic E-state index is 11.2. The summed E-state index contributed by atoms with van der Waals surface area (Å²) in [6.45, 7) is 1.54. The van der Waals surface area contributed by atoms with Crippen molar-refractivity contribution in [1.29, 1.82) is 0 Å². The van der Waals surface area contributed by atoms with Crippen molar-refractivity contribution in [3.8, 4) is 0 Å². The molecule has 1 aliphatic carbocycles. The molecule has 0 amide bonds. The molecule has 1 heterocycles. The maximum absolute atomic E-state index is 11.2. The summed E-state index contributed by atoms with van der Waals surface area (Å²) in [6.07, 6.45) is 3.35. The van der Waals surface area contributed by atoms with Gasteiger partial charge in [-0.25, -0.2) is 8.42 Å². The summed E-state index contributed by atoms with van der Waals surface area (Å²) in [5.41, 5.74) is 0. The molecule has 1 aromatic rings. The van der Waals surface area contributed by atoms with Gasteiger partial charge < -0.3 is 9.84 Å². The normalized spacial score (nSPS) is 18.8. The molecular formula is C8H13N3O3S. The van der Waals surface area contributed by atoms with Crippen molar-refractivity contribution in [2.45, 2.75) is 31.1 Å². The lowest BCUT2D eigenvalue weighted by molar-refractivity contribution is 0.421. The zero-order chi connectivity index (χ0) is 11.1. The Morgan fingerprint density at radius 3 is 2.73 bits per heavy atom. The first kappa shape index (κ1) is 10.4. The molecule has 0 saturated heterocycles. The van der Waals surface area contributed by atoms with E-state index in [4.69, 9.17) is 4.52 Å². The number of hydrogen-bond acceptors (Lipinski definition) is 6. The third-order valence-corrected chi connectivity index (χ3v) is 3.85. The Hall–Kier alpha value is -1.11. The van der Waals surface area contributed by atoms with Crippen molar-refractivity contribution >= 4 is 15.9 Å². The first-order valence-electron chi connectivity index (χ1n) is 4.76. The summed E-state index contributed by atoms with van der Waals surface area (Å²) >= 11 is 0. The van der Waals surface area contributed by atoms with Crippen molar-refractivity contribution in [3.05, 3.63) is 5.82 Å². The molecule has 0 radical (unpaired) electrons. The third-order valence-electron chi connectivity index (χ3n) is 2.35. The van der Waals surface area contributed by atoms with Gasteiger partial charge in [-0.2, -0.15) is 4.98 Å². The first-order valence-corrected chi connectivity index (χ1v) is 6.71. The Balaban J connectivity index is 2.11. The van der Waals surface area contributed by atoms with Gasteiger partial charge in [-0.3, -0.25) is 0 Å². The highest BCUT2D eigenvalue weighted by molar-refractivity contribution is 7.90. The molecule has 15 heavy (non-hydrogen) atoms. The number of hydrogen-bond donors (Lipinski definition) is 1. The van der Waals surface area contributed by atoms with E-state index < -0.39 is 15.1 Å². The van der Waals surface area contributed by atoms with Gasteiger partial charge in [0, 0.05) is 12.3 Å². The van der Waals surface area contributed by atoms with Gasteiger partial charge in [0.15, 0.2) is 15.7 Å². The third kappa shape index (κ3) is 2.47. The van der Waals surface area contributed by atoms with Crippen LogP contribution in [0.2, 0.25) is 0 Å². The van der Waals surface area contributed by atoms with Gasteiger partial charge in [0.1, 0.15) is 5.25 Å². The lowest BCUT2D eigenvalue weighted by atomic mass is 10.5. The van der Waals surface area contributed by atoms with Crippen LogP contribution in [0.4, 0.5) is 6.01 Å². The van der Waals surface area contributed by atoms with Crippen LogP contribution < -0.4 is 5.32 Å². The fourth-order valence-corrected chi connectivity index (χ4v) is 1.53. The van der Waals surface area contributed by atoms with E-state index in [0.717, 1.165) is 19.1 Å². The Morgan fingerprint density at radius 2 is 2.20 bits per heavy atom. The fourth-order valence-electron chi connectivity index (χ4n) is 1.05. The second kappa shape index (κ2) is 3.48. The molecule has 7 heteroatoms. The Kier molecular flexibility index (Phi) is 2.41. The predicted molar refractivity (Wildman–Crippen MR) is 54.2 cm³/mol. The topological polar surface area (TPSA) is 85.1 Å².